The molecule has 5 atom stereocenters. The number of carbonyl (C=O) groups is 3. The van der Waals surface area contributed by atoms with Crippen LogP contribution in [0.3, 0.4) is 0 Å². The summed E-state index contributed by atoms with van der Waals surface area (Å²) in [6.45, 7) is 4.29. The summed E-state index contributed by atoms with van der Waals surface area (Å²) in [4.78, 5) is 39.1. The predicted molar refractivity (Wildman–Crippen MR) is 209 cm³/mol. The Kier molecular flexibility index (Phi) is 30.3. The standard InChI is InChI=1S/C42H80N2O8/c1-3-5-7-9-11-13-15-16-17-18-19-21-23-25-27-29-33-44(37(47)30-28-26-24-22-20-14-12-10-8-6-4-2)42-39(43-36(46)31-32-38(48)49)41(51)40(50)35(34-45)52-42/h35,39-42,45,50-51H,3-34H2,1-2H3,(H,43,46)(H,48,49)/t35-,39+,40+,41-,42-/m1/s1. The van der Waals surface area contributed by atoms with Crippen LogP contribution in [0, 0.1) is 0 Å². The highest BCUT2D eigenvalue weighted by atomic mass is 16.5. The zero-order chi connectivity index (χ0) is 38.2. The summed E-state index contributed by atoms with van der Waals surface area (Å²) in [6, 6.07) is -1.17. The molecule has 1 rings (SSSR count). The molecule has 1 heterocycles. The fourth-order valence-corrected chi connectivity index (χ4v) is 7.31. The van der Waals surface area contributed by atoms with Crippen molar-refractivity contribution in [3.63, 3.8) is 0 Å². The highest BCUT2D eigenvalue weighted by Gasteiger charge is 2.48. The molecule has 2 amide bonds. The highest BCUT2D eigenvalue weighted by molar-refractivity contribution is 5.81. The largest absolute Gasteiger partial charge is 0.481 e. The van der Waals surface area contributed by atoms with Crippen LogP contribution in [0.5, 0.6) is 0 Å². The zero-order valence-corrected chi connectivity index (χ0v) is 33.4. The van der Waals surface area contributed by atoms with Crippen LogP contribution in [0.25, 0.3) is 0 Å². The molecule has 0 aromatic rings. The number of hydrogen-bond acceptors (Lipinski definition) is 7. The molecule has 0 aliphatic carbocycles. The van der Waals surface area contributed by atoms with Crippen molar-refractivity contribution >= 4 is 17.8 Å². The van der Waals surface area contributed by atoms with E-state index in [0.29, 0.717) is 13.0 Å². The van der Waals surface area contributed by atoms with Gasteiger partial charge in [-0.05, 0) is 12.8 Å². The van der Waals surface area contributed by atoms with Gasteiger partial charge in [-0.2, -0.15) is 0 Å². The minimum Gasteiger partial charge on any atom is -0.481 e. The summed E-state index contributed by atoms with van der Waals surface area (Å²) in [7, 11) is 0. The first-order valence-electron chi connectivity index (χ1n) is 21.7. The maximum atomic E-state index is 13.8. The van der Waals surface area contributed by atoms with Gasteiger partial charge < -0.3 is 35.4 Å². The number of unbranched alkanes of at least 4 members (excludes halogenated alkanes) is 25. The van der Waals surface area contributed by atoms with Crippen molar-refractivity contribution in [1.29, 1.82) is 0 Å². The Morgan fingerprint density at radius 2 is 0.962 bits per heavy atom. The van der Waals surface area contributed by atoms with Gasteiger partial charge in [0.15, 0.2) is 6.23 Å². The first-order valence-corrected chi connectivity index (χ1v) is 21.7. The highest BCUT2D eigenvalue weighted by Crippen LogP contribution is 2.26. The Morgan fingerprint density at radius 3 is 1.37 bits per heavy atom. The van der Waals surface area contributed by atoms with Gasteiger partial charge in [-0.25, -0.2) is 0 Å². The molecule has 0 radical (unpaired) electrons. The quantitative estimate of drug-likeness (QED) is 0.0405. The van der Waals surface area contributed by atoms with Crippen molar-refractivity contribution in [1.82, 2.24) is 10.2 Å². The van der Waals surface area contributed by atoms with Crippen molar-refractivity contribution in [2.45, 2.75) is 237 Å². The number of aliphatic carboxylic acids is 1. The maximum Gasteiger partial charge on any atom is 0.303 e. The summed E-state index contributed by atoms with van der Waals surface area (Å²) >= 11 is 0. The molecule has 0 aromatic carbocycles. The minimum absolute atomic E-state index is 0.146. The number of carboxylic acids is 1. The fourth-order valence-electron chi connectivity index (χ4n) is 7.31. The molecule has 1 fully saturated rings. The van der Waals surface area contributed by atoms with E-state index in [1.54, 1.807) is 4.90 Å². The van der Waals surface area contributed by atoms with Gasteiger partial charge in [0.1, 0.15) is 24.4 Å². The summed E-state index contributed by atoms with van der Waals surface area (Å²) in [5, 5.41) is 43.3. The lowest BCUT2D eigenvalue weighted by Gasteiger charge is -2.47. The third-order valence-corrected chi connectivity index (χ3v) is 10.7. The molecule has 0 unspecified atom stereocenters. The van der Waals surface area contributed by atoms with Gasteiger partial charge >= 0.3 is 5.97 Å². The van der Waals surface area contributed by atoms with Gasteiger partial charge in [0, 0.05) is 19.4 Å². The molecular formula is C42H80N2O8. The van der Waals surface area contributed by atoms with Crippen LogP contribution in [0.4, 0.5) is 0 Å². The molecule has 5 N–H and O–H groups in total. The van der Waals surface area contributed by atoms with Crippen LogP contribution >= 0.6 is 0 Å². The second kappa shape index (κ2) is 32.7. The molecule has 1 saturated heterocycles. The summed E-state index contributed by atoms with van der Waals surface area (Å²) < 4.78 is 6.04. The van der Waals surface area contributed by atoms with Crippen LogP contribution in [-0.2, 0) is 19.1 Å². The molecular weight excluding hydrogens is 660 g/mol. The summed E-state index contributed by atoms with van der Waals surface area (Å²) in [6.07, 6.45) is 27.0. The van der Waals surface area contributed by atoms with Crippen LogP contribution < -0.4 is 5.32 Å². The number of rotatable bonds is 35. The Bertz CT molecular complexity index is 890. The van der Waals surface area contributed by atoms with Crippen LogP contribution in [-0.4, -0.2) is 86.8 Å². The molecule has 0 spiro atoms. The topological polar surface area (TPSA) is 157 Å². The number of nitrogens with one attached hydrogen (secondary N) is 1. The van der Waals surface area contributed by atoms with Gasteiger partial charge in [-0.3, -0.25) is 14.4 Å². The first-order chi connectivity index (χ1) is 25.3. The lowest BCUT2D eigenvalue weighted by molar-refractivity contribution is -0.231. The monoisotopic (exact) mass is 741 g/mol. The molecule has 306 valence electrons. The first kappa shape index (κ1) is 48.3. The smallest absolute Gasteiger partial charge is 0.303 e. The molecule has 0 aromatic heterocycles. The van der Waals surface area contributed by atoms with Crippen molar-refractivity contribution < 1.29 is 39.5 Å². The number of nitrogens with zero attached hydrogens (tertiary/aromatic N) is 1. The van der Waals surface area contributed by atoms with Gasteiger partial charge in [-0.1, -0.05) is 174 Å². The number of carboxylic acid groups (broad SMARTS) is 1. The van der Waals surface area contributed by atoms with Crippen molar-refractivity contribution in [3.05, 3.63) is 0 Å². The third-order valence-electron chi connectivity index (χ3n) is 10.7. The number of hydrogen-bond donors (Lipinski definition) is 5. The Labute approximate surface area is 317 Å². The molecule has 10 nitrogen and oxygen atoms in total. The van der Waals surface area contributed by atoms with E-state index in [9.17, 15) is 29.7 Å². The van der Waals surface area contributed by atoms with Gasteiger partial charge in [0.05, 0.1) is 13.0 Å². The minimum atomic E-state index is -1.51. The second-order valence-electron chi connectivity index (χ2n) is 15.4. The van der Waals surface area contributed by atoms with Gasteiger partial charge in [0.2, 0.25) is 11.8 Å². The SMILES string of the molecule is CCCCCCCCCCCCCCCCCCN(C(=O)CCCCCCCCCCCCC)[C@@H]1O[C@H](CO)[C@H](O)[C@H](O)[C@@H]1NC(=O)CCC(=O)O. The van der Waals surface area contributed by atoms with Gasteiger partial charge in [0.25, 0.3) is 0 Å². The molecule has 1 aliphatic heterocycles. The average Bonchev–Trinajstić information content (AvgIpc) is 3.13. The molecule has 0 saturated carbocycles. The summed E-state index contributed by atoms with van der Waals surface area (Å²) in [5.74, 6) is -1.89. The normalized spacial score (nSPS) is 20.2. The second-order valence-corrected chi connectivity index (χ2v) is 15.4. The van der Waals surface area contributed by atoms with Crippen molar-refractivity contribution in [2.24, 2.45) is 0 Å². The molecule has 0 bridgehead atoms. The van der Waals surface area contributed by atoms with Crippen LogP contribution in [0.1, 0.15) is 206 Å². The lowest BCUT2D eigenvalue weighted by Crippen LogP contribution is -2.68. The fraction of sp³-hybridized carbons (Fsp3) is 0.929. The molecule has 1 aliphatic rings. The Balaban J connectivity index is 2.65. The van der Waals surface area contributed by atoms with E-state index in [1.807, 2.05) is 0 Å². The van der Waals surface area contributed by atoms with Crippen LogP contribution in [0.2, 0.25) is 0 Å². The number of aliphatic hydroxyl groups is 3. The van der Waals surface area contributed by atoms with Gasteiger partial charge in [-0.15, -0.1) is 0 Å². The molecule has 52 heavy (non-hydrogen) atoms. The van der Waals surface area contributed by atoms with Crippen LogP contribution in [0.15, 0.2) is 0 Å². The number of carbonyl (C=O) groups excluding carboxylic acids is 2. The Morgan fingerprint density at radius 1 is 0.558 bits per heavy atom. The zero-order valence-electron chi connectivity index (χ0n) is 33.4. The van der Waals surface area contributed by atoms with Crippen molar-refractivity contribution in [3.8, 4) is 0 Å². The van der Waals surface area contributed by atoms with E-state index in [1.165, 1.54) is 122 Å². The van der Waals surface area contributed by atoms with Crippen molar-refractivity contribution in [2.75, 3.05) is 13.2 Å². The maximum absolute atomic E-state index is 13.8. The Hall–Kier alpha value is -1.75. The van der Waals surface area contributed by atoms with E-state index in [0.717, 1.165) is 51.4 Å². The average molecular weight is 741 g/mol. The number of amides is 2. The summed E-state index contributed by atoms with van der Waals surface area (Å²) in [5.41, 5.74) is 0. The van der Waals surface area contributed by atoms with E-state index in [2.05, 4.69) is 19.2 Å². The van der Waals surface area contributed by atoms with E-state index < -0.39 is 49.1 Å². The molecule has 10 heteroatoms. The number of ether oxygens (including phenoxy) is 1. The van der Waals surface area contributed by atoms with E-state index in [4.69, 9.17) is 9.84 Å². The van der Waals surface area contributed by atoms with E-state index >= 15 is 0 Å². The number of aliphatic hydroxyl groups excluding tert-OH is 3. The lowest BCUT2D eigenvalue weighted by atomic mass is 9.94. The third kappa shape index (κ3) is 23.1. The van der Waals surface area contributed by atoms with E-state index in [-0.39, 0.29) is 18.7 Å². The predicted octanol–water partition coefficient (Wildman–Crippen LogP) is 8.57.